The van der Waals surface area contributed by atoms with Gasteiger partial charge in [-0.05, 0) is 0 Å². The van der Waals surface area contributed by atoms with Crippen LogP contribution in [0.3, 0.4) is 0 Å². The first-order chi connectivity index (χ1) is 12.6. The Morgan fingerprint density at radius 2 is 0.577 bits per heavy atom. The first-order valence-electron chi connectivity index (χ1n) is 8.94. The van der Waals surface area contributed by atoms with Crippen molar-refractivity contribution in [3.8, 4) is 0 Å². The Balaban J connectivity index is 5.49. The molecule has 0 spiro atoms. The van der Waals surface area contributed by atoms with Crippen molar-refractivity contribution in [2.24, 2.45) is 0 Å². The topological polar surface area (TPSA) is 147 Å². The van der Waals surface area contributed by atoms with Crippen molar-refractivity contribution in [1.82, 2.24) is 0 Å². The van der Waals surface area contributed by atoms with Crippen LogP contribution in [-0.4, -0.2) is 106 Å². The van der Waals surface area contributed by atoms with Crippen LogP contribution in [0.25, 0.3) is 0 Å². The average Bonchev–Trinajstić information content (AvgIpc) is 2.63. The van der Waals surface area contributed by atoms with E-state index >= 15 is 0 Å². The van der Waals surface area contributed by atoms with Gasteiger partial charge in [0.2, 0.25) is 0 Å². The molecule has 0 aromatic heterocycles. The summed E-state index contributed by atoms with van der Waals surface area (Å²) in [5.41, 5.74) is 0. The quantitative estimate of drug-likeness (QED) is 0.114. The Labute approximate surface area is 157 Å². The molecule has 0 rings (SSSR count). The Hall–Kier alpha value is 0.158. The van der Waals surface area contributed by atoms with E-state index in [0.29, 0.717) is 32.1 Å². The van der Waals surface area contributed by atoms with Crippen LogP contribution >= 0.6 is 0 Å². The molecule has 0 amide bonds. The minimum absolute atomic E-state index is 0.0542. The van der Waals surface area contributed by atoms with Gasteiger partial charge < -0.3 is 0 Å². The van der Waals surface area contributed by atoms with Crippen LogP contribution in [0.2, 0.25) is 0 Å². The summed E-state index contributed by atoms with van der Waals surface area (Å²) in [7, 11) is 0. The summed E-state index contributed by atoms with van der Waals surface area (Å²) in [5.74, 6) is 0. The molecule has 0 aromatic rings. The first kappa shape index (κ1) is 26.2. The van der Waals surface area contributed by atoms with Gasteiger partial charge in [-0.3, -0.25) is 0 Å². The van der Waals surface area contributed by atoms with Crippen molar-refractivity contribution >= 4 is 14.2 Å². The predicted octanol–water partition coefficient (Wildman–Crippen LogP) is -1.13. The Bertz CT molecular complexity index is 245. The van der Waals surface area contributed by atoms with Gasteiger partial charge in [0.25, 0.3) is 0 Å². The number of hydrogen-bond acceptors (Lipinski definition) is 10. The van der Waals surface area contributed by atoms with Crippen LogP contribution in [0.5, 0.6) is 0 Å². The van der Waals surface area contributed by atoms with Gasteiger partial charge in [-0.2, -0.15) is 0 Å². The van der Waals surface area contributed by atoms with Crippen molar-refractivity contribution in [3.63, 3.8) is 0 Å². The van der Waals surface area contributed by atoms with E-state index in [2.05, 4.69) is 0 Å². The van der Waals surface area contributed by atoms with Gasteiger partial charge in [0.05, 0.1) is 0 Å². The number of aliphatic hydroxyl groups is 5. The molecule has 0 aromatic carbocycles. The van der Waals surface area contributed by atoms with E-state index in [9.17, 15) is 0 Å². The SMILES string of the molecule is OCCCO[As](OCCCO)(OCCCO)(OCCCO)OCCCO. The predicted molar refractivity (Wildman–Crippen MR) is 94.0 cm³/mol. The van der Waals surface area contributed by atoms with E-state index < -0.39 is 14.2 Å². The van der Waals surface area contributed by atoms with Gasteiger partial charge in [0.15, 0.2) is 0 Å². The molecule has 5 N–H and O–H groups in total. The number of hydrogen-bond donors (Lipinski definition) is 5. The molecule has 10 nitrogen and oxygen atoms in total. The Kier molecular flexibility index (Phi) is 16.2. The zero-order chi connectivity index (χ0) is 19.6. The van der Waals surface area contributed by atoms with Gasteiger partial charge >= 0.3 is 156 Å². The first-order valence-corrected chi connectivity index (χ1v) is 12.8. The minimum atomic E-state index is -5.25. The molecule has 0 bridgehead atoms. The van der Waals surface area contributed by atoms with Crippen molar-refractivity contribution in [2.45, 2.75) is 32.1 Å². The number of rotatable bonds is 20. The summed E-state index contributed by atoms with van der Waals surface area (Å²) >= 11 is -5.25. The van der Waals surface area contributed by atoms with Crippen LogP contribution in [0.15, 0.2) is 0 Å². The molecular formula is C15H35AsO10. The van der Waals surface area contributed by atoms with Crippen molar-refractivity contribution in [1.29, 1.82) is 0 Å². The summed E-state index contributed by atoms with van der Waals surface area (Å²) in [6, 6.07) is 0. The van der Waals surface area contributed by atoms with Crippen LogP contribution in [0.4, 0.5) is 0 Å². The van der Waals surface area contributed by atoms with Crippen LogP contribution < -0.4 is 0 Å². The zero-order valence-electron chi connectivity index (χ0n) is 15.3. The van der Waals surface area contributed by atoms with Gasteiger partial charge in [0, 0.05) is 0 Å². The third-order valence-electron chi connectivity index (χ3n) is 3.02. The molecule has 0 atom stereocenters. The summed E-state index contributed by atoms with van der Waals surface area (Å²) < 4.78 is 29.2. The van der Waals surface area contributed by atoms with E-state index in [4.69, 9.17) is 44.2 Å². The van der Waals surface area contributed by atoms with Gasteiger partial charge in [-0.15, -0.1) is 0 Å². The summed E-state index contributed by atoms with van der Waals surface area (Å²) in [4.78, 5) is 0. The molecule has 0 heterocycles. The van der Waals surface area contributed by atoms with Crippen LogP contribution in [-0.2, 0) is 18.6 Å². The molecule has 26 heavy (non-hydrogen) atoms. The average molecular weight is 450 g/mol. The fourth-order valence-electron chi connectivity index (χ4n) is 1.76. The zero-order valence-corrected chi connectivity index (χ0v) is 17.2. The fourth-order valence-corrected chi connectivity index (χ4v) is 7.81. The Morgan fingerprint density at radius 1 is 0.385 bits per heavy atom. The van der Waals surface area contributed by atoms with Gasteiger partial charge in [-0.25, -0.2) is 0 Å². The van der Waals surface area contributed by atoms with Gasteiger partial charge in [0.1, 0.15) is 0 Å². The molecule has 0 radical (unpaired) electrons. The van der Waals surface area contributed by atoms with E-state index in [1.807, 2.05) is 0 Å². The second-order valence-corrected chi connectivity index (χ2v) is 11.1. The molecular weight excluding hydrogens is 415 g/mol. The Morgan fingerprint density at radius 3 is 0.731 bits per heavy atom. The molecule has 0 aliphatic carbocycles. The second-order valence-electron chi connectivity index (χ2n) is 5.30. The fraction of sp³-hybridized carbons (Fsp3) is 1.00. The summed E-state index contributed by atoms with van der Waals surface area (Å²) in [6.45, 7) is -0.280. The standard InChI is InChI=1S/C15H35AsO10/c17-6-1-11-22-16(23-12-2-7-18,24-13-3-8-19,25-14-4-9-20)26-15-5-10-21/h17-21H,1-15H2. The van der Waals surface area contributed by atoms with E-state index in [1.165, 1.54) is 0 Å². The molecule has 0 fully saturated rings. The third-order valence-corrected chi connectivity index (χ3v) is 9.36. The van der Waals surface area contributed by atoms with Crippen molar-refractivity contribution in [3.05, 3.63) is 0 Å². The summed E-state index contributed by atoms with van der Waals surface area (Å²) in [5, 5.41) is 45.2. The molecule has 0 unspecified atom stereocenters. The third kappa shape index (κ3) is 10.5. The molecule has 160 valence electrons. The molecule has 11 heteroatoms. The van der Waals surface area contributed by atoms with E-state index in [1.54, 1.807) is 0 Å². The normalized spacial score (nSPS) is 13.7. The van der Waals surface area contributed by atoms with Crippen molar-refractivity contribution < 1.29 is 44.2 Å². The monoisotopic (exact) mass is 450 g/mol. The molecule has 0 aliphatic heterocycles. The summed E-state index contributed by atoms with van der Waals surface area (Å²) in [6.07, 6.45) is 1.51. The van der Waals surface area contributed by atoms with E-state index in [0.717, 1.165) is 0 Å². The maximum atomic E-state index is 9.05. The molecule has 0 aliphatic rings. The van der Waals surface area contributed by atoms with E-state index in [-0.39, 0.29) is 66.1 Å². The van der Waals surface area contributed by atoms with Crippen LogP contribution in [0.1, 0.15) is 32.1 Å². The van der Waals surface area contributed by atoms with Gasteiger partial charge in [-0.1, -0.05) is 0 Å². The van der Waals surface area contributed by atoms with Crippen LogP contribution in [0, 0.1) is 0 Å². The molecule has 0 saturated carbocycles. The molecule has 0 saturated heterocycles. The second kappa shape index (κ2) is 16.1. The van der Waals surface area contributed by atoms with Crippen molar-refractivity contribution in [2.75, 3.05) is 66.1 Å². The number of aliphatic hydroxyl groups excluding tert-OH is 5. The maximum absolute atomic E-state index is 9.05.